The van der Waals surface area contributed by atoms with Gasteiger partial charge in [0, 0.05) is 0 Å². The topological polar surface area (TPSA) is 38.8 Å². The molecule has 0 spiro atoms. The zero-order chi connectivity index (χ0) is 19.2. The normalized spacial score (nSPS) is 17.9. The van der Waals surface area contributed by atoms with Crippen molar-refractivity contribution in [3.8, 4) is 11.5 Å². The second-order valence-corrected chi connectivity index (χ2v) is 7.35. The van der Waals surface area contributed by atoms with Gasteiger partial charge in [0.15, 0.2) is 15.8 Å². The molecule has 0 saturated carbocycles. The van der Waals surface area contributed by atoms with E-state index in [1.165, 1.54) is 12.1 Å². The second-order valence-electron chi connectivity index (χ2n) is 5.68. The van der Waals surface area contributed by atoms with Gasteiger partial charge in [-0.25, -0.2) is 0 Å². The van der Waals surface area contributed by atoms with Crippen LogP contribution in [0.15, 0.2) is 47.4 Å². The molecule has 4 nitrogen and oxygen atoms in total. The van der Waals surface area contributed by atoms with Gasteiger partial charge in [-0.1, -0.05) is 36.1 Å². The summed E-state index contributed by atoms with van der Waals surface area (Å²) in [5, 5.41) is 0. The minimum Gasteiger partial charge on any atom is -0.454 e. The summed E-state index contributed by atoms with van der Waals surface area (Å²) in [6, 6.07) is 9.73. The molecule has 4 rings (SSSR count). The molecule has 2 aliphatic rings. The lowest BCUT2D eigenvalue weighted by molar-refractivity contribution is -0.137. The Morgan fingerprint density at radius 3 is 2.67 bits per heavy atom. The molecule has 0 atom stereocenters. The summed E-state index contributed by atoms with van der Waals surface area (Å²) in [5.41, 5.74) is -0.0565. The molecular formula is C18H10F3NO3S2. The summed E-state index contributed by atoms with van der Waals surface area (Å²) in [5.74, 6) is 0.711. The van der Waals surface area contributed by atoms with Crippen LogP contribution in [-0.2, 0) is 11.0 Å². The SMILES string of the molecule is O=C1/C(=C\c2ccc3c(c2)OCO3)SC(=S)N1c1cccc(C(F)(F)F)c1. The number of halogens is 3. The van der Waals surface area contributed by atoms with E-state index in [9.17, 15) is 18.0 Å². The molecule has 1 fully saturated rings. The number of rotatable bonds is 2. The third-order valence-electron chi connectivity index (χ3n) is 3.92. The first kappa shape index (κ1) is 17.9. The van der Waals surface area contributed by atoms with Crippen molar-refractivity contribution in [3.63, 3.8) is 0 Å². The Labute approximate surface area is 161 Å². The van der Waals surface area contributed by atoms with Crippen molar-refractivity contribution < 1.29 is 27.4 Å². The molecule has 0 aliphatic carbocycles. The summed E-state index contributed by atoms with van der Waals surface area (Å²) in [4.78, 5) is 14.1. The lowest BCUT2D eigenvalue weighted by Gasteiger charge is -2.16. The van der Waals surface area contributed by atoms with Crippen LogP contribution in [0.4, 0.5) is 18.9 Å². The first-order valence-corrected chi connectivity index (χ1v) is 8.90. The number of thioether (sulfide) groups is 1. The van der Waals surface area contributed by atoms with Crippen LogP contribution < -0.4 is 14.4 Å². The molecule has 0 bridgehead atoms. The summed E-state index contributed by atoms with van der Waals surface area (Å²) < 4.78 is 49.6. The number of alkyl halides is 3. The molecular weight excluding hydrogens is 399 g/mol. The van der Waals surface area contributed by atoms with Crippen LogP contribution in [0.2, 0.25) is 0 Å². The largest absolute Gasteiger partial charge is 0.454 e. The van der Waals surface area contributed by atoms with E-state index in [1.807, 2.05) is 0 Å². The van der Waals surface area contributed by atoms with Gasteiger partial charge in [0.2, 0.25) is 6.79 Å². The van der Waals surface area contributed by atoms with E-state index in [0.29, 0.717) is 22.0 Å². The molecule has 2 aromatic carbocycles. The highest BCUT2D eigenvalue weighted by molar-refractivity contribution is 8.27. The zero-order valence-electron chi connectivity index (χ0n) is 13.4. The summed E-state index contributed by atoms with van der Waals surface area (Å²) >= 11 is 6.24. The standard InChI is InChI=1S/C18H10F3NO3S2/c19-18(20,21)11-2-1-3-12(8-11)22-16(23)15(27-17(22)26)7-10-4-5-13-14(6-10)25-9-24-13/h1-8H,9H2/b15-7+. The molecule has 2 heterocycles. The van der Waals surface area contributed by atoms with Crippen LogP contribution in [0.5, 0.6) is 11.5 Å². The number of hydrogen-bond acceptors (Lipinski definition) is 5. The molecule has 0 unspecified atom stereocenters. The number of carbonyl (C=O) groups excluding carboxylic acids is 1. The quantitative estimate of drug-likeness (QED) is 0.524. The highest BCUT2D eigenvalue weighted by Crippen LogP contribution is 2.39. The maximum absolute atomic E-state index is 12.9. The molecule has 0 aromatic heterocycles. The minimum absolute atomic E-state index is 0.0846. The highest BCUT2D eigenvalue weighted by atomic mass is 32.2. The number of nitrogens with zero attached hydrogens (tertiary/aromatic N) is 1. The third kappa shape index (κ3) is 3.40. The van der Waals surface area contributed by atoms with Gasteiger partial charge < -0.3 is 9.47 Å². The first-order chi connectivity index (χ1) is 12.8. The molecule has 27 heavy (non-hydrogen) atoms. The Balaban J connectivity index is 1.65. The number of anilines is 1. The Kier molecular flexibility index (Phi) is 4.35. The third-order valence-corrected chi connectivity index (χ3v) is 5.22. The van der Waals surface area contributed by atoms with Crippen LogP contribution >= 0.6 is 24.0 Å². The van der Waals surface area contributed by atoms with E-state index in [1.54, 1.807) is 24.3 Å². The molecule has 2 aliphatic heterocycles. The Hall–Kier alpha value is -2.52. The molecule has 0 N–H and O–H groups in total. The maximum atomic E-state index is 12.9. The van der Waals surface area contributed by atoms with Crippen LogP contribution in [0.1, 0.15) is 11.1 Å². The summed E-state index contributed by atoms with van der Waals surface area (Å²) in [7, 11) is 0. The Morgan fingerprint density at radius 2 is 1.89 bits per heavy atom. The number of thiocarbonyl (C=S) groups is 1. The van der Waals surface area contributed by atoms with Crippen molar-refractivity contribution in [2.24, 2.45) is 0 Å². The maximum Gasteiger partial charge on any atom is 0.416 e. The van der Waals surface area contributed by atoms with Gasteiger partial charge in [-0.3, -0.25) is 9.69 Å². The predicted molar refractivity (Wildman–Crippen MR) is 99.7 cm³/mol. The molecule has 138 valence electrons. The summed E-state index contributed by atoms with van der Waals surface area (Å²) in [6.07, 6.45) is -2.88. The predicted octanol–water partition coefficient (Wildman–Crippen LogP) is 4.84. The fourth-order valence-electron chi connectivity index (χ4n) is 2.67. The van der Waals surface area contributed by atoms with Gasteiger partial charge in [-0.15, -0.1) is 0 Å². The Morgan fingerprint density at radius 1 is 1.11 bits per heavy atom. The lowest BCUT2D eigenvalue weighted by Crippen LogP contribution is -2.27. The first-order valence-electron chi connectivity index (χ1n) is 7.68. The molecule has 1 amide bonds. The monoisotopic (exact) mass is 409 g/mol. The van der Waals surface area contributed by atoms with Crippen LogP contribution in [0.3, 0.4) is 0 Å². The van der Waals surface area contributed by atoms with Crippen LogP contribution in [0.25, 0.3) is 6.08 Å². The lowest BCUT2D eigenvalue weighted by atomic mass is 10.1. The van der Waals surface area contributed by atoms with Crippen LogP contribution in [-0.4, -0.2) is 17.0 Å². The number of ether oxygens (including phenoxy) is 2. The number of hydrogen-bond donors (Lipinski definition) is 0. The summed E-state index contributed by atoms with van der Waals surface area (Å²) in [6.45, 7) is 0.135. The van der Waals surface area contributed by atoms with E-state index in [0.717, 1.165) is 28.8 Å². The number of benzene rings is 2. The number of carbonyl (C=O) groups is 1. The van der Waals surface area contributed by atoms with Crippen molar-refractivity contribution in [2.75, 3.05) is 11.7 Å². The van der Waals surface area contributed by atoms with Crippen molar-refractivity contribution >= 4 is 46.0 Å². The average molecular weight is 409 g/mol. The van der Waals surface area contributed by atoms with Crippen molar-refractivity contribution in [1.82, 2.24) is 0 Å². The number of fused-ring (bicyclic) bond motifs is 1. The van der Waals surface area contributed by atoms with E-state index in [-0.39, 0.29) is 16.8 Å². The van der Waals surface area contributed by atoms with Crippen molar-refractivity contribution in [2.45, 2.75) is 6.18 Å². The number of amides is 1. The van der Waals surface area contributed by atoms with Gasteiger partial charge in [0.25, 0.3) is 5.91 Å². The van der Waals surface area contributed by atoms with E-state index >= 15 is 0 Å². The van der Waals surface area contributed by atoms with E-state index in [4.69, 9.17) is 21.7 Å². The molecule has 0 radical (unpaired) electrons. The van der Waals surface area contributed by atoms with Gasteiger partial charge >= 0.3 is 6.18 Å². The van der Waals surface area contributed by atoms with Crippen molar-refractivity contribution in [1.29, 1.82) is 0 Å². The fourth-order valence-corrected chi connectivity index (χ4v) is 3.96. The zero-order valence-corrected chi connectivity index (χ0v) is 15.1. The highest BCUT2D eigenvalue weighted by Gasteiger charge is 2.36. The Bertz CT molecular complexity index is 988. The van der Waals surface area contributed by atoms with E-state index in [2.05, 4.69) is 0 Å². The minimum atomic E-state index is -4.50. The van der Waals surface area contributed by atoms with Gasteiger partial charge in [-0.2, -0.15) is 13.2 Å². The van der Waals surface area contributed by atoms with Crippen molar-refractivity contribution in [3.05, 3.63) is 58.5 Å². The molecule has 1 saturated heterocycles. The van der Waals surface area contributed by atoms with E-state index < -0.39 is 17.6 Å². The van der Waals surface area contributed by atoms with Gasteiger partial charge in [0.1, 0.15) is 0 Å². The smallest absolute Gasteiger partial charge is 0.416 e. The fraction of sp³-hybridized carbons (Fsp3) is 0.111. The second kappa shape index (κ2) is 6.58. The van der Waals surface area contributed by atoms with Gasteiger partial charge in [0.05, 0.1) is 16.2 Å². The molecule has 9 heteroatoms. The van der Waals surface area contributed by atoms with Crippen LogP contribution in [0, 0.1) is 0 Å². The molecule has 2 aromatic rings. The van der Waals surface area contributed by atoms with Gasteiger partial charge in [-0.05, 0) is 42.0 Å². The average Bonchev–Trinajstić information content (AvgIpc) is 3.18.